The third-order valence-electron chi connectivity index (χ3n) is 4.36. The molecule has 1 amide bonds. The summed E-state index contributed by atoms with van der Waals surface area (Å²) in [6.45, 7) is 7.54. The lowest BCUT2D eigenvalue weighted by Crippen LogP contribution is -2.49. The van der Waals surface area contributed by atoms with E-state index in [0.29, 0.717) is 18.0 Å². The first-order valence-corrected chi connectivity index (χ1v) is 9.48. The van der Waals surface area contributed by atoms with Gasteiger partial charge in [0.05, 0.1) is 11.2 Å². The van der Waals surface area contributed by atoms with Crippen molar-refractivity contribution in [2.75, 3.05) is 32.8 Å². The SMILES string of the molecule is Cc1cccc(CN2CCN(C(=O)COC(=O)c3cnc(C)s3)CC2)c1. The van der Waals surface area contributed by atoms with Gasteiger partial charge in [0.2, 0.25) is 0 Å². The Morgan fingerprint density at radius 3 is 2.62 bits per heavy atom. The molecule has 0 unspecified atom stereocenters. The van der Waals surface area contributed by atoms with Gasteiger partial charge in [0, 0.05) is 32.7 Å². The number of hydrogen-bond donors (Lipinski definition) is 0. The molecular formula is C19H23N3O3S. The van der Waals surface area contributed by atoms with Crippen LogP contribution in [0.1, 0.15) is 25.8 Å². The first-order valence-electron chi connectivity index (χ1n) is 8.66. The van der Waals surface area contributed by atoms with E-state index >= 15 is 0 Å². The Kier molecular flexibility index (Phi) is 6.00. The summed E-state index contributed by atoms with van der Waals surface area (Å²) in [4.78, 5) is 32.7. The lowest BCUT2D eigenvalue weighted by molar-refractivity contribution is -0.136. The van der Waals surface area contributed by atoms with E-state index in [0.717, 1.165) is 24.6 Å². The van der Waals surface area contributed by atoms with Gasteiger partial charge in [0.25, 0.3) is 5.91 Å². The molecular weight excluding hydrogens is 350 g/mol. The van der Waals surface area contributed by atoms with Crippen molar-refractivity contribution in [2.24, 2.45) is 0 Å². The number of hydrogen-bond acceptors (Lipinski definition) is 6. The van der Waals surface area contributed by atoms with Crippen LogP contribution in [0.2, 0.25) is 0 Å². The predicted molar refractivity (Wildman–Crippen MR) is 100 cm³/mol. The molecule has 7 heteroatoms. The number of amides is 1. The monoisotopic (exact) mass is 373 g/mol. The van der Waals surface area contributed by atoms with Crippen molar-refractivity contribution in [2.45, 2.75) is 20.4 Å². The molecule has 1 aromatic carbocycles. The zero-order valence-electron chi connectivity index (χ0n) is 15.1. The van der Waals surface area contributed by atoms with Gasteiger partial charge in [0.1, 0.15) is 4.88 Å². The van der Waals surface area contributed by atoms with Gasteiger partial charge in [0.15, 0.2) is 6.61 Å². The Balaban J connectivity index is 1.42. The van der Waals surface area contributed by atoms with Crippen molar-refractivity contribution >= 4 is 23.2 Å². The molecule has 0 saturated carbocycles. The van der Waals surface area contributed by atoms with E-state index in [-0.39, 0.29) is 12.5 Å². The van der Waals surface area contributed by atoms with Gasteiger partial charge < -0.3 is 9.64 Å². The fraction of sp³-hybridized carbons (Fsp3) is 0.421. The molecule has 1 aliphatic rings. The van der Waals surface area contributed by atoms with Crippen molar-refractivity contribution in [3.8, 4) is 0 Å². The molecule has 1 saturated heterocycles. The van der Waals surface area contributed by atoms with Crippen molar-refractivity contribution in [1.82, 2.24) is 14.8 Å². The van der Waals surface area contributed by atoms with Crippen LogP contribution in [0, 0.1) is 13.8 Å². The van der Waals surface area contributed by atoms with Crippen molar-refractivity contribution < 1.29 is 14.3 Å². The standard InChI is InChI=1S/C19H23N3O3S/c1-14-4-3-5-16(10-14)12-21-6-8-22(9-7-21)18(23)13-25-19(24)17-11-20-15(2)26-17/h3-5,10-11H,6-9,12-13H2,1-2H3. The highest BCUT2D eigenvalue weighted by Crippen LogP contribution is 2.13. The van der Waals surface area contributed by atoms with Crippen LogP contribution >= 0.6 is 11.3 Å². The highest BCUT2D eigenvalue weighted by atomic mass is 32.1. The number of esters is 1. The number of rotatable bonds is 5. The molecule has 0 spiro atoms. The van der Waals surface area contributed by atoms with E-state index < -0.39 is 5.97 Å². The molecule has 26 heavy (non-hydrogen) atoms. The quantitative estimate of drug-likeness (QED) is 0.753. The van der Waals surface area contributed by atoms with E-state index in [1.54, 1.807) is 4.90 Å². The second kappa shape index (κ2) is 8.42. The average Bonchev–Trinajstić information content (AvgIpc) is 3.06. The minimum absolute atomic E-state index is 0.144. The van der Waals surface area contributed by atoms with Crippen LogP contribution in [-0.2, 0) is 16.1 Å². The molecule has 0 atom stereocenters. The minimum Gasteiger partial charge on any atom is -0.451 e. The van der Waals surface area contributed by atoms with Crippen molar-refractivity contribution in [3.63, 3.8) is 0 Å². The van der Waals surface area contributed by atoms with E-state index in [1.165, 1.54) is 28.7 Å². The molecule has 0 radical (unpaired) electrons. The van der Waals surface area contributed by atoms with Gasteiger partial charge in [-0.1, -0.05) is 29.8 Å². The first-order chi connectivity index (χ1) is 12.5. The second-order valence-electron chi connectivity index (χ2n) is 6.47. The maximum Gasteiger partial charge on any atom is 0.350 e. The molecule has 1 aliphatic heterocycles. The zero-order valence-corrected chi connectivity index (χ0v) is 15.9. The van der Waals surface area contributed by atoms with Crippen LogP contribution in [0.25, 0.3) is 0 Å². The van der Waals surface area contributed by atoms with Gasteiger partial charge >= 0.3 is 5.97 Å². The Morgan fingerprint density at radius 2 is 1.96 bits per heavy atom. The normalized spacial score (nSPS) is 15.1. The number of aryl methyl sites for hydroxylation is 2. The van der Waals surface area contributed by atoms with Gasteiger partial charge in [-0.15, -0.1) is 11.3 Å². The fourth-order valence-electron chi connectivity index (χ4n) is 2.97. The Morgan fingerprint density at radius 1 is 1.19 bits per heavy atom. The van der Waals surface area contributed by atoms with Crippen LogP contribution in [0.3, 0.4) is 0 Å². The van der Waals surface area contributed by atoms with Crippen molar-refractivity contribution in [3.05, 3.63) is 51.5 Å². The summed E-state index contributed by atoms with van der Waals surface area (Å²) in [6, 6.07) is 8.49. The van der Waals surface area contributed by atoms with Crippen LogP contribution in [0.5, 0.6) is 0 Å². The summed E-state index contributed by atoms with van der Waals surface area (Å²) >= 11 is 1.27. The van der Waals surface area contributed by atoms with Crippen LogP contribution in [0.4, 0.5) is 0 Å². The topological polar surface area (TPSA) is 62.7 Å². The van der Waals surface area contributed by atoms with Crippen LogP contribution in [0.15, 0.2) is 30.5 Å². The Hall–Kier alpha value is -2.25. The number of nitrogens with zero attached hydrogens (tertiary/aromatic N) is 3. The lowest BCUT2D eigenvalue weighted by atomic mass is 10.1. The Labute approximate surface area is 157 Å². The molecule has 2 heterocycles. The molecule has 0 aliphatic carbocycles. The second-order valence-corrected chi connectivity index (χ2v) is 7.70. The highest BCUT2D eigenvalue weighted by molar-refractivity contribution is 7.13. The maximum atomic E-state index is 12.3. The van der Waals surface area contributed by atoms with E-state index in [4.69, 9.17) is 4.74 Å². The smallest absolute Gasteiger partial charge is 0.350 e. The van der Waals surface area contributed by atoms with Crippen LogP contribution in [-0.4, -0.2) is 59.4 Å². The number of piperazine rings is 1. The minimum atomic E-state index is -0.484. The van der Waals surface area contributed by atoms with Gasteiger partial charge in [-0.25, -0.2) is 9.78 Å². The van der Waals surface area contributed by atoms with Gasteiger partial charge in [-0.05, 0) is 19.4 Å². The third-order valence-corrected chi connectivity index (χ3v) is 5.26. The predicted octanol–water partition coefficient (Wildman–Crippen LogP) is 2.26. The zero-order chi connectivity index (χ0) is 18.5. The highest BCUT2D eigenvalue weighted by Gasteiger charge is 2.22. The fourth-order valence-corrected chi connectivity index (χ4v) is 3.64. The summed E-state index contributed by atoms with van der Waals surface area (Å²) in [6.07, 6.45) is 1.48. The molecule has 2 aromatic rings. The summed E-state index contributed by atoms with van der Waals surface area (Å²) in [5.74, 6) is -0.628. The number of ether oxygens (including phenoxy) is 1. The van der Waals surface area contributed by atoms with E-state index in [9.17, 15) is 9.59 Å². The first kappa shape index (κ1) is 18.5. The van der Waals surface area contributed by atoms with E-state index in [1.807, 2.05) is 6.92 Å². The number of aromatic nitrogens is 1. The Bertz CT molecular complexity index is 782. The molecule has 6 nitrogen and oxygen atoms in total. The number of carbonyl (C=O) groups is 2. The van der Waals surface area contributed by atoms with E-state index in [2.05, 4.69) is 41.1 Å². The molecule has 3 rings (SSSR count). The maximum absolute atomic E-state index is 12.3. The average molecular weight is 373 g/mol. The van der Waals surface area contributed by atoms with Gasteiger partial charge in [-0.3, -0.25) is 9.69 Å². The number of thiazole rings is 1. The largest absolute Gasteiger partial charge is 0.451 e. The molecule has 138 valence electrons. The van der Waals surface area contributed by atoms with Gasteiger partial charge in [-0.2, -0.15) is 0 Å². The van der Waals surface area contributed by atoms with Crippen molar-refractivity contribution in [1.29, 1.82) is 0 Å². The number of carbonyl (C=O) groups excluding carboxylic acids is 2. The summed E-state index contributed by atoms with van der Waals surface area (Å²) in [7, 11) is 0. The molecule has 1 fully saturated rings. The summed E-state index contributed by atoms with van der Waals surface area (Å²) < 4.78 is 5.12. The third kappa shape index (κ3) is 4.89. The molecule has 1 aromatic heterocycles. The van der Waals surface area contributed by atoms with Crippen LogP contribution < -0.4 is 0 Å². The summed E-state index contributed by atoms with van der Waals surface area (Å²) in [5, 5.41) is 0.799. The molecule has 0 N–H and O–H groups in total. The molecule has 0 bridgehead atoms. The summed E-state index contributed by atoms with van der Waals surface area (Å²) in [5.41, 5.74) is 2.55. The number of benzene rings is 1. The lowest BCUT2D eigenvalue weighted by Gasteiger charge is -2.34.